The second-order valence-electron chi connectivity index (χ2n) is 4.64. The molecule has 0 spiro atoms. The summed E-state index contributed by atoms with van der Waals surface area (Å²) in [4.78, 5) is 0. The third kappa shape index (κ3) is 3.84. The van der Waals surface area contributed by atoms with Gasteiger partial charge in [0.15, 0.2) is 11.6 Å². The summed E-state index contributed by atoms with van der Waals surface area (Å²) in [5.41, 5.74) is 3.60. The molecule has 1 aliphatic rings. The molecule has 0 aromatic heterocycles. The summed E-state index contributed by atoms with van der Waals surface area (Å²) in [6.45, 7) is 2.19. The van der Waals surface area contributed by atoms with E-state index in [1.54, 1.807) is 6.07 Å². The Morgan fingerprint density at radius 2 is 2.05 bits per heavy atom. The minimum Gasteiger partial charge on any atom is -0.271 e. The van der Waals surface area contributed by atoms with Gasteiger partial charge in [0.1, 0.15) is 0 Å². The molecule has 2 rings (SSSR count). The summed E-state index contributed by atoms with van der Waals surface area (Å²) < 4.78 is 26.1. The highest BCUT2D eigenvalue weighted by Gasteiger charge is 2.29. The van der Waals surface area contributed by atoms with Gasteiger partial charge in [0.05, 0.1) is 0 Å². The van der Waals surface area contributed by atoms with Crippen LogP contribution in [0.15, 0.2) is 18.2 Å². The number of hydrogen-bond acceptors (Lipinski definition) is 4. The Morgan fingerprint density at radius 3 is 2.68 bits per heavy atom. The lowest BCUT2D eigenvalue weighted by Gasteiger charge is -2.34. The molecular formula is C13H18F2N2S2. The number of nitrogens with one attached hydrogen (secondary N) is 1. The van der Waals surface area contributed by atoms with Crippen LogP contribution >= 0.6 is 23.5 Å². The van der Waals surface area contributed by atoms with Crippen LogP contribution in [0.1, 0.15) is 12.5 Å². The van der Waals surface area contributed by atoms with Gasteiger partial charge in [-0.2, -0.15) is 23.5 Å². The van der Waals surface area contributed by atoms with Crippen molar-refractivity contribution in [1.29, 1.82) is 0 Å². The van der Waals surface area contributed by atoms with Gasteiger partial charge in [0.25, 0.3) is 0 Å². The Labute approximate surface area is 120 Å². The smallest absolute Gasteiger partial charge is 0.159 e. The van der Waals surface area contributed by atoms with Gasteiger partial charge in [-0.15, -0.1) is 0 Å². The van der Waals surface area contributed by atoms with Gasteiger partial charge in [-0.1, -0.05) is 13.0 Å². The van der Waals surface area contributed by atoms with Crippen LogP contribution in [-0.2, 0) is 6.42 Å². The van der Waals surface area contributed by atoms with E-state index in [-0.39, 0.29) is 6.04 Å². The normalized spacial score (nSPS) is 25.3. The summed E-state index contributed by atoms with van der Waals surface area (Å²) in [5, 5.41) is 0.891. The molecule has 3 atom stereocenters. The Bertz CT molecular complexity index is 431. The van der Waals surface area contributed by atoms with Gasteiger partial charge in [-0.05, 0) is 24.1 Å². The summed E-state index contributed by atoms with van der Waals surface area (Å²) in [6.07, 6.45) is 0.607. The van der Waals surface area contributed by atoms with Gasteiger partial charge in [-0.25, -0.2) is 8.78 Å². The number of nitrogens with two attached hydrogens (primary N) is 1. The Balaban J connectivity index is 2.07. The third-order valence-corrected chi connectivity index (χ3v) is 6.54. The number of rotatable bonds is 4. The van der Waals surface area contributed by atoms with Crippen LogP contribution in [0.3, 0.4) is 0 Å². The van der Waals surface area contributed by atoms with E-state index in [2.05, 4.69) is 12.3 Å². The molecule has 19 heavy (non-hydrogen) atoms. The lowest BCUT2D eigenvalue weighted by molar-refractivity contribution is 0.489. The molecule has 1 saturated heterocycles. The van der Waals surface area contributed by atoms with Crippen molar-refractivity contribution in [2.24, 2.45) is 5.84 Å². The molecule has 0 radical (unpaired) electrons. The lowest BCUT2D eigenvalue weighted by Crippen LogP contribution is -2.48. The molecule has 106 valence electrons. The molecule has 2 nitrogen and oxygen atoms in total. The number of hydrazine groups is 1. The second kappa shape index (κ2) is 6.92. The fraction of sp³-hybridized carbons (Fsp3) is 0.538. The maximum Gasteiger partial charge on any atom is 0.159 e. The van der Waals surface area contributed by atoms with Crippen LogP contribution in [0.4, 0.5) is 8.78 Å². The molecule has 0 amide bonds. The number of benzene rings is 1. The van der Waals surface area contributed by atoms with Crippen LogP contribution in [-0.4, -0.2) is 28.0 Å². The fourth-order valence-electron chi connectivity index (χ4n) is 2.28. The lowest BCUT2D eigenvalue weighted by atomic mass is 10.0. The number of thioether (sulfide) groups is 2. The average Bonchev–Trinajstić information content (AvgIpc) is 2.41. The van der Waals surface area contributed by atoms with E-state index >= 15 is 0 Å². The van der Waals surface area contributed by atoms with E-state index in [4.69, 9.17) is 5.84 Å². The zero-order chi connectivity index (χ0) is 13.8. The van der Waals surface area contributed by atoms with Crippen molar-refractivity contribution in [1.82, 2.24) is 5.43 Å². The standard InChI is InChI=1S/C13H18F2N2S2/c1-8-13(19-5-4-18-8)12(17-16)7-9-2-3-10(14)11(15)6-9/h2-3,6,8,12-13,17H,4-5,7,16H2,1H3. The van der Waals surface area contributed by atoms with Gasteiger partial charge < -0.3 is 0 Å². The van der Waals surface area contributed by atoms with E-state index in [1.165, 1.54) is 12.1 Å². The molecule has 3 N–H and O–H groups in total. The summed E-state index contributed by atoms with van der Waals surface area (Å²) in [5.74, 6) is 6.30. The van der Waals surface area contributed by atoms with Gasteiger partial charge in [0, 0.05) is 28.0 Å². The van der Waals surface area contributed by atoms with E-state index in [0.29, 0.717) is 16.9 Å². The molecule has 0 aliphatic carbocycles. The molecule has 3 unspecified atom stereocenters. The average molecular weight is 304 g/mol. The van der Waals surface area contributed by atoms with Crippen LogP contribution < -0.4 is 11.3 Å². The van der Waals surface area contributed by atoms with Crippen molar-refractivity contribution in [2.45, 2.75) is 29.9 Å². The van der Waals surface area contributed by atoms with Crippen molar-refractivity contribution >= 4 is 23.5 Å². The zero-order valence-corrected chi connectivity index (χ0v) is 12.4. The molecule has 0 saturated carbocycles. The van der Waals surface area contributed by atoms with Crippen LogP contribution in [0, 0.1) is 11.6 Å². The molecule has 1 heterocycles. The van der Waals surface area contributed by atoms with Crippen molar-refractivity contribution in [3.05, 3.63) is 35.4 Å². The monoisotopic (exact) mass is 304 g/mol. The highest BCUT2D eigenvalue weighted by atomic mass is 32.2. The minimum atomic E-state index is -0.808. The molecule has 1 aliphatic heterocycles. The van der Waals surface area contributed by atoms with Gasteiger partial charge >= 0.3 is 0 Å². The van der Waals surface area contributed by atoms with Crippen molar-refractivity contribution in [2.75, 3.05) is 11.5 Å². The molecule has 1 fully saturated rings. The zero-order valence-electron chi connectivity index (χ0n) is 10.7. The highest BCUT2D eigenvalue weighted by Crippen LogP contribution is 2.33. The van der Waals surface area contributed by atoms with Crippen molar-refractivity contribution in [3.63, 3.8) is 0 Å². The van der Waals surface area contributed by atoms with E-state index in [9.17, 15) is 8.78 Å². The first-order valence-electron chi connectivity index (χ1n) is 6.25. The first-order chi connectivity index (χ1) is 9.11. The predicted molar refractivity (Wildman–Crippen MR) is 79.3 cm³/mol. The molecule has 6 heteroatoms. The topological polar surface area (TPSA) is 38.0 Å². The Hall–Kier alpha value is -0.300. The number of halogens is 2. The van der Waals surface area contributed by atoms with E-state index in [1.807, 2.05) is 23.5 Å². The van der Waals surface area contributed by atoms with Crippen LogP contribution in [0.2, 0.25) is 0 Å². The molecule has 1 aromatic carbocycles. The first kappa shape index (κ1) is 15.1. The molecule has 0 bridgehead atoms. The summed E-state index contributed by atoms with van der Waals surface area (Å²) >= 11 is 3.83. The summed E-state index contributed by atoms with van der Waals surface area (Å²) in [6, 6.07) is 4.11. The first-order valence-corrected chi connectivity index (χ1v) is 8.35. The summed E-state index contributed by atoms with van der Waals surface area (Å²) in [7, 11) is 0. The Kier molecular flexibility index (Phi) is 5.50. The predicted octanol–water partition coefficient (Wildman–Crippen LogP) is 2.58. The largest absolute Gasteiger partial charge is 0.271 e. The molecular weight excluding hydrogens is 286 g/mol. The van der Waals surface area contributed by atoms with E-state index < -0.39 is 11.6 Å². The molecule has 1 aromatic rings. The van der Waals surface area contributed by atoms with Crippen LogP contribution in [0.25, 0.3) is 0 Å². The Morgan fingerprint density at radius 1 is 1.32 bits per heavy atom. The van der Waals surface area contributed by atoms with Crippen LogP contribution in [0.5, 0.6) is 0 Å². The third-order valence-electron chi connectivity index (χ3n) is 3.29. The quantitative estimate of drug-likeness (QED) is 0.662. The second-order valence-corrected chi connectivity index (χ2v) is 7.41. The highest BCUT2D eigenvalue weighted by molar-refractivity contribution is 8.07. The van der Waals surface area contributed by atoms with E-state index in [0.717, 1.165) is 17.1 Å². The van der Waals surface area contributed by atoms with Crippen molar-refractivity contribution < 1.29 is 8.78 Å². The maximum absolute atomic E-state index is 13.2. The van der Waals surface area contributed by atoms with Crippen molar-refractivity contribution in [3.8, 4) is 0 Å². The van der Waals surface area contributed by atoms with Gasteiger partial charge in [-0.3, -0.25) is 11.3 Å². The number of hydrogen-bond donors (Lipinski definition) is 2. The fourth-order valence-corrected chi connectivity index (χ4v) is 5.22. The SMILES string of the molecule is CC1SCCSC1C(Cc1ccc(F)c(F)c1)NN. The minimum absolute atomic E-state index is 0.0673. The maximum atomic E-state index is 13.2. The van der Waals surface area contributed by atoms with Gasteiger partial charge in [0.2, 0.25) is 0 Å².